The van der Waals surface area contributed by atoms with Gasteiger partial charge in [-0.3, -0.25) is 0 Å². The molecule has 3 nitrogen and oxygen atoms in total. The van der Waals surface area contributed by atoms with Crippen molar-refractivity contribution in [2.75, 3.05) is 31.2 Å². The molecule has 0 atom stereocenters. The van der Waals surface area contributed by atoms with E-state index in [1.54, 1.807) is 0 Å². The molecule has 0 aromatic heterocycles. The number of aryl methyl sites for hydroxylation is 2. The number of nitrogens with two attached hydrogens (primary N) is 1. The Morgan fingerprint density at radius 3 is 2.69 bits per heavy atom. The quantitative estimate of drug-likeness (QED) is 0.835. The SMILES string of the molecule is Cc1ccc(C)c(N(CCN)C2COC2)c1. The van der Waals surface area contributed by atoms with Gasteiger partial charge in [-0.15, -0.1) is 0 Å². The van der Waals surface area contributed by atoms with Gasteiger partial charge in [-0.1, -0.05) is 12.1 Å². The minimum Gasteiger partial charge on any atom is -0.377 e. The molecule has 1 aliphatic rings. The smallest absolute Gasteiger partial charge is 0.0757 e. The highest BCUT2D eigenvalue weighted by atomic mass is 16.5. The van der Waals surface area contributed by atoms with Gasteiger partial charge in [-0.05, 0) is 31.0 Å². The zero-order valence-electron chi connectivity index (χ0n) is 10.1. The Morgan fingerprint density at radius 1 is 1.38 bits per heavy atom. The maximum Gasteiger partial charge on any atom is 0.0757 e. The van der Waals surface area contributed by atoms with Crippen LogP contribution in [-0.2, 0) is 4.74 Å². The van der Waals surface area contributed by atoms with E-state index in [1.807, 2.05) is 0 Å². The summed E-state index contributed by atoms with van der Waals surface area (Å²) < 4.78 is 5.27. The van der Waals surface area contributed by atoms with Crippen LogP contribution in [0.25, 0.3) is 0 Å². The van der Waals surface area contributed by atoms with Gasteiger partial charge in [0.25, 0.3) is 0 Å². The summed E-state index contributed by atoms with van der Waals surface area (Å²) in [4.78, 5) is 2.38. The van der Waals surface area contributed by atoms with Crippen molar-refractivity contribution in [1.29, 1.82) is 0 Å². The van der Waals surface area contributed by atoms with E-state index in [0.29, 0.717) is 12.6 Å². The van der Waals surface area contributed by atoms with Gasteiger partial charge in [-0.25, -0.2) is 0 Å². The van der Waals surface area contributed by atoms with E-state index in [9.17, 15) is 0 Å². The fraction of sp³-hybridized carbons (Fsp3) is 0.538. The largest absolute Gasteiger partial charge is 0.377 e. The van der Waals surface area contributed by atoms with Gasteiger partial charge in [0, 0.05) is 18.8 Å². The van der Waals surface area contributed by atoms with Crippen LogP contribution >= 0.6 is 0 Å². The van der Waals surface area contributed by atoms with E-state index in [-0.39, 0.29) is 0 Å². The highest BCUT2D eigenvalue weighted by Gasteiger charge is 2.26. The highest BCUT2D eigenvalue weighted by Crippen LogP contribution is 2.25. The molecule has 1 aliphatic heterocycles. The topological polar surface area (TPSA) is 38.5 Å². The molecule has 2 N–H and O–H groups in total. The van der Waals surface area contributed by atoms with Crippen molar-refractivity contribution < 1.29 is 4.74 Å². The average molecular weight is 220 g/mol. The zero-order valence-corrected chi connectivity index (χ0v) is 10.1. The number of hydrogen-bond donors (Lipinski definition) is 1. The summed E-state index contributed by atoms with van der Waals surface area (Å²) in [7, 11) is 0. The fourth-order valence-electron chi connectivity index (χ4n) is 2.07. The van der Waals surface area contributed by atoms with Crippen LogP contribution in [0.2, 0.25) is 0 Å². The second-order valence-corrected chi connectivity index (χ2v) is 4.46. The Morgan fingerprint density at radius 2 is 2.12 bits per heavy atom. The van der Waals surface area contributed by atoms with E-state index < -0.39 is 0 Å². The zero-order chi connectivity index (χ0) is 11.5. The van der Waals surface area contributed by atoms with Crippen LogP contribution in [0.1, 0.15) is 11.1 Å². The van der Waals surface area contributed by atoms with Crippen molar-refractivity contribution in [3.8, 4) is 0 Å². The lowest BCUT2D eigenvalue weighted by molar-refractivity contribution is 0.00827. The van der Waals surface area contributed by atoms with Crippen molar-refractivity contribution in [3.63, 3.8) is 0 Å². The Balaban J connectivity index is 2.25. The molecule has 0 unspecified atom stereocenters. The third-order valence-electron chi connectivity index (χ3n) is 3.11. The Bertz CT molecular complexity index is 361. The van der Waals surface area contributed by atoms with Crippen molar-refractivity contribution in [2.24, 2.45) is 5.73 Å². The van der Waals surface area contributed by atoms with Crippen LogP contribution in [0, 0.1) is 13.8 Å². The first-order valence-electron chi connectivity index (χ1n) is 5.84. The van der Waals surface area contributed by atoms with Gasteiger partial charge >= 0.3 is 0 Å². The Kier molecular flexibility index (Phi) is 3.46. The summed E-state index contributed by atoms with van der Waals surface area (Å²) in [6, 6.07) is 7.07. The molecule has 0 saturated carbocycles. The molecule has 1 saturated heterocycles. The summed E-state index contributed by atoms with van der Waals surface area (Å²) in [5.41, 5.74) is 9.60. The molecule has 0 bridgehead atoms. The summed E-state index contributed by atoms with van der Waals surface area (Å²) in [5.74, 6) is 0. The van der Waals surface area contributed by atoms with E-state index in [1.165, 1.54) is 16.8 Å². The monoisotopic (exact) mass is 220 g/mol. The van der Waals surface area contributed by atoms with Crippen molar-refractivity contribution in [1.82, 2.24) is 0 Å². The second-order valence-electron chi connectivity index (χ2n) is 4.46. The first-order valence-corrected chi connectivity index (χ1v) is 5.84. The number of ether oxygens (including phenoxy) is 1. The number of rotatable bonds is 4. The maximum absolute atomic E-state index is 5.69. The van der Waals surface area contributed by atoms with Gasteiger partial charge in [0.15, 0.2) is 0 Å². The van der Waals surface area contributed by atoms with E-state index in [2.05, 4.69) is 36.9 Å². The number of nitrogens with zero attached hydrogens (tertiary/aromatic N) is 1. The molecule has 0 radical (unpaired) electrons. The van der Waals surface area contributed by atoms with E-state index >= 15 is 0 Å². The average Bonchev–Trinajstić information content (AvgIpc) is 2.18. The Hall–Kier alpha value is -1.06. The van der Waals surface area contributed by atoms with Crippen molar-refractivity contribution in [2.45, 2.75) is 19.9 Å². The van der Waals surface area contributed by atoms with Crippen LogP contribution in [0.5, 0.6) is 0 Å². The number of hydrogen-bond acceptors (Lipinski definition) is 3. The van der Waals surface area contributed by atoms with Crippen molar-refractivity contribution in [3.05, 3.63) is 29.3 Å². The summed E-state index contributed by atoms with van der Waals surface area (Å²) in [6.07, 6.45) is 0. The number of benzene rings is 1. The van der Waals surface area contributed by atoms with Gasteiger partial charge in [-0.2, -0.15) is 0 Å². The van der Waals surface area contributed by atoms with Crippen LogP contribution in [0.15, 0.2) is 18.2 Å². The summed E-state index contributed by atoms with van der Waals surface area (Å²) >= 11 is 0. The van der Waals surface area contributed by atoms with E-state index in [4.69, 9.17) is 10.5 Å². The lowest BCUT2D eigenvalue weighted by Gasteiger charge is -2.39. The molecule has 1 aromatic carbocycles. The third-order valence-corrected chi connectivity index (χ3v) is 3.11. The molecule has 2 rings (SSSR count). The molecule has 16 heavy (non-hydrogen) atoms. The van der Waals surface area contributed by atoms with E-state index in [0.717, 1.165) is 19.8 Å². The molecule has 1 fully saturated rings. The third kappa shape index (κ3) is 2.20. The minimum atomic E-state index is 0.504. The molecule has 0 aliphatic carbocycles. The van der Waals surface area contributed by atoms with Crippen LogP contribution < -0.4 is 10.6 Å². The minimum absolute atomic E-state index is 0.504. The van der Waals surface area contributed by atoms with Gasteiger partial charge in [0.2, 0.25) is 0 Å². The molecule has 0 spiro atoms. The first-order chi connectivity index (χ1) is 7.72. The molecule has 1 aromatic rings. The number of anilines is 1. The molecule has 0 amide bonds. The summed E-state index contributed by atoms with van der Waals surface area (Å²) in [5, 5.41) is 0. The molecule has 88 valence electrons. The molecular formula is C13H20N2O. The normalized spacial score (nSPS) is 15.9. The summed E-state index contributed by atoms with van der Waals surface area (Å²) in [6.45, 7) is 7.52. The lowest BCUT2D eigenvalue weighted by Crippen LogP contribution is -2.51. The van der Waals surface area contributed by atoms with Crippen LogP contribution in [-0.4, -0.2) is 32.3 Å². The molecule has 1 heterocycles. The van der Waals surface area contributed by atoms with Crippen molar-refractivity contribution >= 4 is 5.69 Å². The second kappa shape index (κ2) is 4.85. The lowest BCUT2D eigenvalue weighted by atomic mass is 10.1. The van der Waals surface area contributed by atoms with Gasteiger partial charge in [0.05, 0.1) is 19.3 Å². The predicted octanol–water partition coefficient (Wildman–Crippen LogP) is 1.47. The maximum atomic E-state index is 5.69. The van der Waals surface area contributed by atoms with Gasteiger partial charge in [0.1, 0.15) is 0 Å². The molecular weight excluding hydrogens is 200 g/mol. The standard InChI is InChI=1S/C13H20N2O/c1-10-3-4-11(2)13(7-10)15(6-5-14)12-8-16-9-12/h3-4,7,12H,5-6,8-9,14H2,1-2H3. The van der Waals surface area contributed by atoms with Gasteiger partial charge < -0.3 is 15.4 Å². The highest BCUT2D eigenvalue weighted by molar-refractivity contribution is 5.56. The predicted molar refractivity (Wildman–Crippen MR) is 66.9 cm³/mol. The fourth-order valence-corrected chi connectivity index (χ4v) is 2.07. The first kappa shape index (κ1) is 11.4. The molecule has 3 heteroatoms. The van der Waals surface area contributed by atoms with Crippen LogP contribution in [0.4, 0.5) is 5.69 Å². The van der Waals surface area contributed by atoms with Crippen LogP contribution in [0.3, 0.4) is 0 Å². The Labute approximate surface area is 97.2 Å².